The van der Waals surface area contributed by atoms with Crippen LogP contribution in [0.5, 0.6) is 0 Å². The maximum Gasteiger partial charge on any atom is 0.0670 e. The Hall–Kier alpha value is -0.300. The number of hydrogen-bond acceptors (Lipinski definition) is 1. The van der Waals surface area contributed by atoms with Crippen LogP contribution in [-0.2, 0) is 4.74 Å². The van der Waals surface area contributed by atoms with E-state index in [9.17, 15) is 0 Å². The molecule has 0 spiro atoms. The molecule has 1 rings (SSSR count). The van der Waals surface area contributed by atoms with E-state index in [2.05, 4.69) is 19.9 Å². The van der Waals surface area contributed by atoms with E-state index in [1.54, 1.807) is 0 Å². The quantitative estimate of drug-likeness (QED) is 0.460. The Morgan fingerprint density at radius 2 is 2.38 bits per heavy atom. The van der Waals surface area contributed by atoms with Gasteiger partial charge in [-0.15, -0.1) is 0 Å². The molecule has 0 N–H and O–H groups in total. The lowest BCUT2D eigenvalue weighted by molar-refractivity contribution is -0.00816. The fourth-order valence-corrected chi connectivity index (χ4v) is 0.695. The molecule has 1 heterocycles. The van der Waals surface area contributed by atoms with Crippen LogP contribution in [0.2, 0.25) is 0 Å². The molecule has 1 radical (unpaired) electrons. The van der Waals surface area contributed by atoms with Crippen LogP contribution in [0.3, 0.4) is 0 Å². The van der Waals surface area contributed by atoms with Gasteiger partial charge in [-0.25, -0.2) is 0 Å². The molecular formula is C7H11O. The van der Waals surface area contributed by atoms with Gasteiger partial charge in [0.2, 0.25) is 0 Å². The molecule has 8 heavy (non-hydrogen) atoms. The molecule has 0 unspecified atom stereocenters. The van der Waals surface area contributed by atoms with Crippen molar-refractivity contribution in [2.24, 2.45) is 0 Å². The fourth-order valence-electron chi connectivity index (χ4n) is 0.695. The molecular weight excluding hydrogens is 100 g/mol. The van der Waals surface area contributed by atoms with Crippen LogP contribution >= 0.6 is 0 Å². The third-order valence-electron chi connectivity index (χ3n) is 1.23. The number of ether oxygens (including phenoxy) is 1. The van der Waals surface area contributed by atoms with Crippen LogP contribution < -0.4 is 0 Å². The maximum atomic E-state index is 5.35. The highest BCUT2D eigenvalue weighted by atomic mass is 16.5. The summed E-state index contributed by atoms with van der Waals surface area (Å²) in [6, 6.07) is 0. The van der Waals surface area contributed by atoms with Crippen LogP contribution in [0.25, 0.3) is 0 Å². The van der Waals surface area contributed by atoms with Crippen molar-refractivity contribution >= 4 is 0 Å². The van der Waals surface area contributed by atoms with E-state index in [4.69, 9.17) is 4.74 Å². The lowest BCUT2D eigenvalue weighted by Gasteiger charge is -2.25. The van der Waals surface area contributed by atoms with Gasteiger partial charge in [-0.1, -0.05) is 6.08 Å². The van der Waals surface area contributed by atoms with Crippen molar-refractivity contribution in [1.82, 2.24) is 0 Å². The van der Waals surface area contributed by atoms with E-state index < -0.39 is 0 Å². The minimum Gasteiger partial charge on any atom is -0.371 e. The molecule has 0 amide bonds. The van der Waals surface area contributed by atoms with E-state index in [1.807, 2.05) is 6.08 Å². The summed E-state index contributed by atoms with van der Waals surface area (Å²) in [7, 11) is 0. The molecule has 1 nitrogen and oxygen atoms in total. The first-order valence-electron chi connectivity index (χ1n) is 2.90. The van der Waals surface area contributed by atoms with Crippen LogP contribution in [0.1, 0.15) is 20.3 Å². The predicted molar refractivity (Wildman–Crippen MR) is 32.5 cm³/mol. The molecule has 0 aromatic heterocycles. The minimum atomic E-state index is 0.0365. The Labute approximate surface area is 50.3 Å². The normalized spacial score (nSPS) is 25.8. The highest BCUT2D eigenvalue weighted by molar-refractivity contribution is 4.86. The summed E-state index contributed by atoms with van der Waals surface area (Å²) in [4.78, 5) is 0. The van der Waals surface area contributed by atoms with E-state index >= 15 is 0 Å². The Balaban J connectivity index is 2.50. The molecule has 0 atom stereocenters. The fraction of sp³-hybridized carbons (Fsp3) is 0.714. The van der Waals surface area contributed by atoms with E-state index in [0.717, 1.165) is 13.0 Å². The largest absolute Gasteiger partial charge is 0.371 e. The molecule has 0 aromatic carbocycles. The standard InChI is InChI=1S/C7H11O/c1-7(2)5-3-4-6-8-7/h4H,5-6H2,1-2H3. The van der Waals surface area contributed by atoms with Crippen molar-refractivity contribution in [3.05, 3.63) is 12.2 Å². The van der Waals surface area contributed by atoms with Crippen LogP contribution in [0.15, 0.2) is 6.08 Å². The van der Waals surface area contributed by atoms with Crippen molar-refractivity contribution in [3.8, 4) is 0 Å². The molecule has 0 fully saturated rings. The Bertz CT molecular complexity index is 103. The van der Waals surface area contributed by atoms with Gasteiger partial charge >= 0.3 is 0 Å². The molecule has 0 aromatic rings. The van der Waals surface area contributed by atoms with Gasteiger partial charge < -0.3 is 4.74 Å². The summed E-state index contributed by atoms with van der Waals surface area (Å²) < 4.78 is 5.35. The molecule has 0 saturated carbocycles. The van der Waals surface area contributed by atoms with Crippen LogP contribution in [0.4, 0.5) is 0 Å². The second-order valence-electron chi connectivity index (χ2n) is 2.66. The van der Waals surface area contributed by atoms with Gasteiger partial charge in [-0.05, 0) is 19.9 Å². The van der Waals surface area contributed by atoms with Gasteiger partial charge in [-0.3, -0.25) is 0 Å². The molecule has 0 saturated heterocycles. The molecule has 0 bridgehead atoms. The van der Waals surface area contributed by atoms with Crippen molar-refractivity contribution in [1.29, 1.82) is 0 Å². The monoisotopic (exact) mass is 111 g/mol. The molecule has 1 heteroatoms. The van der Waals surface area contributed by atoms with E-state index in [-0.39, 0.29) is 5.60 Å². The summed E-state index contributed by atoms with van der Waals surface area (Å²) >= 11 is 0. The summed E-state index contributed by atoms with van der Waals surface area (Å²) in [5.74, 6) is 0. The predicted octanol–water partition coefficient (Wildman–Crippen LogP) is 1.54. The lowest BCUT2D eigenvalue weighted by atomic mass is 10.0. The van der Waals surface area contributed by atoms with Gasteiger partial charge in [0.05, 0.1) is 12.2 Å². The van der Waals surface area contributed by atoms with Crippen LogP contribution in [-0.4, -0.2) is 12.2 Å². The Morgan fingerprint density at radius 1 is 1.62 bits per heavy atom. The second kappa shape index (κ2) is 1.90. The van der Waals surface area contributed by atoms with Crippen LogP contribution in [0, 0.1) is 6.08 Å². The molecule has 1 aliphatic rings. The maximum absolute atomic E-state index is 5.35. The third kappa shape index (κ3) is 1.34. The Kier molecular flexibility index (Phi) is 1.39. The molecule has 0 aliphatic carbocycles. The van der Waals surface area contributed by atoms with Gasteiger partial charge in [0.15, 0.2) is 0 Å². The zero-order valence-electron chi connectivity index (χ0n) is 5.40. The lowest BCUT2D eigenvalue weighted by Crippen LogP contribution is -2.26. The minimum absolute atomic E-state index is 0.0365. The number of rotatable bonds is 0. The first-order valence-corrected chi connectivity index (χ1v) is 2.90. The summed E-state index contributed by atoms with van der Waals surface area (Å²) in [6.07, 6.45) is 5.98. The number of hydrogen-bond donors (Lipinski definition) is 0. The smallest absolute Gasteiger partial charge is 0.0670 e. The average Bonchev–Trinajstić information content (AvgIpc) is 1.65. The van der Waals surface area contributed by atoms with Crippen molar-refractivity contribution in [2.75, 3.05) is 6.61 Å². The van der Waals surface area contributed by atoms with E-state index in [0.29, 0.717) is 0 Å². The van der Waals surface area contributed by atoms with Crippen molar-refractivity contribution < 1.29 is 4.74 Å². The average molecular weight is 111 g/mol. The van der Waals surface area contributed by atoms with Gasteiger partial charge in [0.25, 0.3) is 0 Å². The highest BCUT2D eigenvalue weighted by Gasteiger charge is 2.17. The first-order chi connectivity index (χ1) is 3.71. The SMILES string of the molecule is CC1(C)C[C]=CCO1. The summed E-state index contributed by atoms with van der Waals surface area (Å²) in [5, 5.41) is 0. The van der Waals surface area contributed by atoms with E-state index in [1.165, 1.54) is 0 Å². The van der Waals surface area contributed by atoms with Gasteiger partial charge in [0, 0.05) is 6.42 Å². The topological polar surface area (TPSA) is 9.23 Å². The Morgan fingerprint density at radius 3 is 2.62 bits per heavy atom. The summed E-state index contributed by atoms with van der Waals surface area (Å²) in [5.41, 5.74) is 0.0365. The highest BCUT2D eigenvalue weighted by Crippen LogP contribution is 2.17. The zero-order valence-corrected chi connectivity index (χ0v) is 5.40. The second-order valence-corrected chi connectivity index (χ2v) is 2.66. The van der Waals surface area contributed by atoms with Gasteiger partial charge in [0.1, 0.15) is 0 Å². The summed E-state index contributed by atoms with van der Waals surface area (Å²) in [6.45, 7) is 4.88. The van der Waals surface area contributed by atoms with Crippen molar-refractivity contribution in [3.63, 3.8) is 0 Å². The first kappa shape index (κ1) is 5.83. The third-order valence-corrected chi connectivity index (χ3v) is 1.23. The zero-order chi connectivity index (χ0) is 6.04. The van der Waals surface area contributed by atoms with Gasteiger partial charge in [-0.2, -0.15) is 0 Å². The molecule has 1 aliphatic heterocycles. The van der Waals surface area contributed by atoms with Crippen molar-refractivity contribution in [2.45, 2.75) is 25.9 Å². The molecule has 45 valence electrons.